The molecule has 2 aromatic rings. The van der Waals surface area contributed by atoms with E-state index < -0.39 is 0 Å². The highest BCUT2D eigenvalue weighted by Crippen LogP contribution is 2.40. The Balaban J connectivity index is 2.32. The highest BCUT2D eigenvalue weighted by atomic mass is 16.7. The Morgan fingerprint density at radius 2 is 2.00 bits per heavy atom. The molecule has 0 radical (unpaired) electrons. The van der Waals surface area contributed by atoms with Crippen molar-refractivity contribution in [2.24, 2.45) is 4.99 Å². The molecule has 1 aromatic heterocycles. The first-order chi connectivity index (χ1) is 13.4. The number of nitrogens with one attached hydrogen (secondary N) is 2. The maximum absolute atomic E-state index is 5.92. The average molecular weight is 386 g/mol. The monoisotopic (exact) mass is 386 g/mol. The zero-order chi connectivity index (χ0) is 20.6. The molecule has 2 N–H and O–H groups in total. The van der Waals surface area contributed by atoms with Gasteiger partial charge in [0.2, 0.25) is 0 Å². The van der Waals surface area contributed by atoms with E-state index >= 15 is 0 Å². The fraction of sp³-hybridized carbons (Fsp3) is 0.429. The van der Waals surface area contributed by atoms with Crippen LogP contribution in [0.4, 0.5) is 5.69 Å². The molecule has 0 spiro atoms. The van der Waals surface area contributed by atoms with Gasteiger partial charge >= 0.3 is 0 Å². The molecule has 0 bridgehead atoms. The number of hydrogen-bond acceptors (Lipinski definition) is 5. The van der Waals surface area contributed by atoms with Gasteiger partial charge in [0.05, 0.1) is 12.8 Å². The summed E-state index contributed by atoms with van der Waals surface area (Å²) in [6, 6.07) is 7.78. The van der Waals surface area contributed by atoms with Crippen LogP contribution in [0.25, 0.3) is 0 Å². The Kier molecular flexibility index (Phi) is 7.63. The normalized spacial score (nSPS) is 11.9. The molecule has 0 fully saturated rings. The molecule has 0 unspecified atom stereocenters. The van der Waals surface area contributed by atoms with Crippen molar-refractivity contribution < 1.29 is 14.2 Å². The number of nitrogens with zero attached hydrogens (tertiary/aromatic N) is 2. The lowest BCUT2D eigenvalue weighted by atomic mass is 9.85. The van der Waals surface area contributed by atoms with Crippen LogP contribution in [0.1, 0.15) is 31.9 Å². The molecule has 1 heterocycles. The van der Waals surface area contributed by atoms with Crippen LogP contribution in [-0.2, 0) is 16.7 Å². The maximum atomic E-state index is 5.92. The molecule has 152 valence electrons. The van der Waals surface area contributed by atoms with E-state index in [-0.39, 0.29) is 12.2 Å². The molecule has 7 nitrogen and oxygen atoms in total. The minimum absolute atomic E-state index is 0.145. The van der Waals surface area contributed by atoms with Crippen molar-refractivity contribution in [1.82, 2.24) is 10.3 Å². The van der Waals surface area contributed by atoms with E-state index in [0.29, 0.717) is 18.3 Å². The lowest BCUT2D eigenvalue weighted by Gasteiger charge is -2.26. The Bertz CT molecular complexity index is 786. The predicted octanol–water partition coefficient (Wildman–Crippen LogP) is 3.56. The number of guanidine groups is 1. The molecule has 28 heavy (non-hydrogen) atoms. The Morgan fingerprint density at radius 3 is 2.57 bits per heavy atom. The molecule has 0 aliphatic carbocycles. The van der Waals surface area contributed by atoms with Gasteiger partial charge in [-0.3, -0.25) is 9.98 Å². The van der Waals surface area contributed by atoms with E-state index in [1.54, 1.807) is 27.5 Å². The second-order valence-corrected chi connectivity index (χ2v) is 7.26. The van der Waals surface area contributed by atoms with E-state index in [0.717, 1.165) is 22.6 Å². The third-order valence-electron chi connectivity index (χ3n) is 4.09. The molecule has 0 atom stereocenters. The number of hydrogen-bond donors (Lipinski definition) is 2. The minimum atomic E-state index is -0.152. The van der Waals surface area contributed by atoms with Crippen LogP contribution in [0.2, 0.25) is 0 Å². The van der Waals surface area contributed by atoms with Crippen LogP contribution >= 0.6 is 0 Å². The van der Waals surface area contributed by atoms with Gasteiger partial charge in [-0.25, -0.2) is 0 Å². The predicted molar refractivity (Wildman–Crippen MR) is 112 cm³/mol. The molecule has 0 saturated heterocycles. The van der Waals surface area contributed by atoms with Crippen molar-refractivity contribution in [2.75, 3.05) is 33.4 Å². The lowest BCUT2D eigenvalue weighted by Crippen LogP contribution is -2.30. The first-order valence-electron chi connectivity index (χ1n) is 9.10. The second-order valence-electron chi connectivity index (χ2n) is 7.26. The van der Waals surface area contributed by atoms with Crippen molar-refractivity contribution in [3.8, 4) is 11.5 Å². The second kappa shape index (κ2) is 9.94. The van der Waals surface area contributed by atoms with Crippen molar-refractivity contribution in [2.45, 2.75) is 32.7 Å². The maximum Gasteiger partial charge on any atom is 0.195 e. The van der Waals surface area contributed by atoms with Crippen LogP contribution in [0, 0.1) is 0 Å². The zero-order valence-electron chi connectivity index (χ0n) is 17.5. The molecule has 1 aromatic carbocycles. The van der Waals surface area contributed by atoms with Crippen LogP contribution in [-0.4, -0.2) is 39.0 Å². The fourth-order valence-electron chi connectivity index (χ4n) is 2.64. The van der Waals surface area contributed by atoms with Gasteiger partial charge in [0.1, 0.15) is 11.5 Å². The molecular weight excluding hydrogens is 356 g/mol. The number of aliphatic imine (C=N–C) groups is 1. The minimum Gasteiger partial charge on any atom is -0.497 e. The summed E-state index contributed by atoms with van der Waals surface area (Å²) < 4.78 is 16.5. The van der Waals surface area contributed by atoms with Gasteiger partial charge in [0, 0.05) is 44.7 Å². The van der Waals surface area contributed by atoms with Crippen molar-refractivity contribution in [1.29, 1.82) is 0 Å². The third-order valence-corrected chi connectivity index (χ3v) is 4.09. The van der Waals surface area contributed by atoms with Crippen LogP contribution in [0.5, 0.6) is 11.5 Å². The highest BCUT2D eigenvalue weighted by molar-refractivity contribution is 5.95. The number of benzene rings is 1. The van der Waals surface area contributed by atoms with Crippen molar-refractivity contribution in [3.05, 3.63) is 47.8 Å². The highest BCUT2D eigenvalue weighted by Gasteiger charge is 2.24. The SMILES string of the molecule is C/N=C(/NCc1cccnc1)Nc1cc(OC)cc(C(C)(C)C)c1OCOC. The largest absolute Gasteiger partial charge is 0.497 e. The Labute approximate surface area is 167 Å². The molecular formula is C21H30N4O3. The summed E-state index contributed by atoms with van der Waals surface area (Å²) in [7, 11) is 4.97. The number of methoxy groups -OCH3 is 2. The Morgan fingerprint density at radius 1 is 1.21 bits per heavy atom. The van der Waals surface area contributed by atoms with Gasteiger partial charge < -0.3 is 24.8 Å². The number of pyridine rings is 1. The molecule has 7 heteroatoms. The van der Waals surface area contributed by atoms with Crippen LogP contribution in [0.15, 0.2) is 41.7 Å². The van der Waals surface area contributed by atoms with E-state index in [2.05, 4.69) is 41.4 Å². The third kappa shape index (κ3) is 5.85. The summed E-state index contributed by atoms with van der Waals surface area (Å²) in [5.74, 6) is 2.05. The number of anilines is 1. The number of rotatable bonds is 7. The average Bonchev–Trinajstić information content (AvgIpc) is 2.69. The molecule has 0 saturated carbocycles. The van der Waals surface area contributed by atoms with E-state index in [9.17, 15) is 0 Å². The van der Waals surface area contributed by atoms with Gasteiger partial charge in [0.25, 0.3) is 0 Å². The zero-order valence-corrected chi connectivity index (χ0v) is 17.5. The van der Waals surface area contributed by atoms with Gasteiger partial charge in [-0.1, -0.05) is 26.8 Å². The Hall–Kier alpha value is -2.80. The van der Waals surface area contributed by atoms with Gasteiger partial charge in [0.15, 0.2) is 12.8 Å². The van der Waals surface area contributed by atoms with Crippen LogP contribution in [0.3, 0.4) is 0 Å². The fourth-order valence-corrected chi connectivity index (χ4v) is 2.64. The van der Waals surface area contributed by atoms with Gasteiger partial charge in [-0.2, -0.15) is 0 Å². The summed E-state index contributed by atoms with van der Waals surface area (Å²) in [6.07, 6.45) is 3.57. The topological polar surface area (TPSA) is 77.0 Å². The van der Waals surface area contributed by atoms with E-state index in [1.165, 1.54) is 0 Å². The lowest BCUT2D eigenvalue weighted by molar-refractivity contribution is 0.0503. The first kappa shape index (κ1) is 21.5. The first-order valence-corrected chi connectivity index (χ1v) is 9.10. The standard InChI is InChI=1S/C21H30N4O3/c1-21(2,3)17-10-16(27-6)11-18(19(17)28-14-26-5)25-20(22-4)24-13-15-8-7-9-23-12-15/h7-12H,13-14H2,1-6H3,(H2,22,24,25). The summed E-state index contributed by atoms with van der Waals surface area (Å²) in [4.78, 5) is 8.44. The van der Waals surface area contributed by atoms with E-state index in [1.807, 2.05) is 30.5 Å². The smallest absolute Gasteiger partial charge is 0.195 e. The quantitative estimate of drug-likeness (QED) is 0.430. The summed E-state index contributed by atoms with van der Waals surface area (Å²) in [5, 5.41) is 6.61. The summed E-state index contributed by atoms with van der Waals surface area (Å²) >= 11 is 0. The van der Waals surface area contributed by atoms with Crippen molar-refractivity contribution in [3.63, 3.8) is 0 Å². The molecule has 2 rings (SSSR count). The number of ether oxygens (including phenoxy) is 3. The van der Waals surface area contributed by atoms with Gasteiger partial charge in [-0.05, 0) is 23.1 Å². The molecule has 0 aliphatic rings. The molecule has 0 amide bonds. The van der Waals surface area contributed by atoms with E-state index in [4.69, 9.17) is 14.2 Å². The van der Waals surface area contributed by atoms with Crippen molar-refractivity contribution >= 4 is 11.6 Å². The van der Waals surface area contributed by atoms with Gasteiger partial charge in [-0.15, -0.1) is 0 Å². The molecule has 0 aliphatic heterocycles. The van der Waals surface area contributed by atoms with Crippen LogP contribution < -0.4 is 20.1 Å². The summed E-state index contributed by atoms with van der Waals surface area (Å²) in [6.45, 7) is 7.12. The number of aromatic nitrogens is 1. The summed E-state index contributed by atoms with van der Waals surface area (Å²) in [5.41, 5.74) is 2.66.